The van der Waals surface area contributed by atoms with E-state index in [1.54, 1.807) is 29.1 Å². The lowest BCUT2D eigenvalue weighted by atomic mass is 9.98. The molecule has 5 nitrogen and oxygen atoms in total. The number of carbonyl (C=O) groups excluding carboxylic acids is 2. The fourth-order valence-electron chi connectivity index (χ4n) is 4.54. The highest BCUT2D eigenvalue weighted by molar-refractivity contribution is 6.11. The third kappa shape index (κ3) is 3.97. The Kier molecular flexibility index (Phi) is 5.43. The number of rotatable bonds is 5. The molecule has 0 atom stereocenters. The van der Waals surface area contributed by atoms with E-state index in [0.29, 0.717) is 11.3 Å². The monoisotopic (exact) mass is 469 g/mol. The van der Waals surface area contributed by atoms with Crippen LogP contribution in [0.5, 0.6) is 5.75 Å². The first kappa shape index (κ1) is 21.6. The summed E-state index contributed by atoms with van der Waals surface area (Å²) in [5, 5.41) is 5.81. The number of ketones is 1. The number of carbonyl (C=O) groups is 2. The molecule has 0 radical (unpaired) electrons. The van der Waals surface area contributed by atoms with Gasteiger partial charge in [0.15, 0.2) is 6.20 Å². The van der Waals surface area contributed by atoms with Gasteiger partial charge in [-0.25, -0.2) is 4.79 Å². The zero-order valence-electron chi connectivity index (χ0n) is 19.3. The summed E-state index contributed by atoms with van der Waals surface area (Å²) in [5.74, 6) is -0.193. The number of ether oxygens (including phenoxy) is 1. The molecule has 0 aliphatic rings. The van der Waals surface area contributed by atoms with Crippen molar-refractivity contribution in [3.05, 3.63) is 127 Å². The standard InChI is InChI=1S/C31H21N2O3/c34-29(21-8-2-1-3-9-21)20-33-15-14-32-19-28(33)31(35)36-30-26-13-7-6-12-24(26)17-25-16-22-10-4-5-11-23(22)18-27(25)30/h1-19H,20H2/q+1. The van der Waals surface area contributed by atoms with E-state index < -0.39 is 5.97 Å². The molecule has 6 rings (SSSR count). The third-order valence-electron chi connectivity index (χ3n) is 6.33. The van der Waals surface area contributed by atoms with E-state index in [0.717, 1.165) is 32.3 Å². The topological polar surface area (TPSA) is 60.1 Å². The molecule has 5 aromatic carbocycles. The second kappa shape index (κ2) is 9.04. The minimum atomic E-state index is -0.574. The van der Waals surface area contributed by atoms with E-state index in [4.69, 9.17) is 4.74 Å². The zero-order valence-corrected chi connectivity index (χ0v) is 19.3. The summed E-state index contributed by atoms with van der Waals surface area (Å²) in [5.41, 5.74) is 0.775. The highest BCUT2D eigenvalue weighted by atomic mass is 16.5. The number of hydrogen-bond acceptors (Lipinski definition) is 4. The molecule has 172 valence electrons. The Morgan fingerprint density at radius 2 is 1.39 bits per heavy atom. The molecule has 0 fully saturated rings. The van der Waals surface area contributed by atoms with Crippen LogP contribution >= 0.6 is 0 Å². The van der Waals surface area contributed by atoms with Gasteiger partial charge in [0.1, 0.15) is 11.9 Å². The number of hydrogen-bond donors (Lipinski definition) is 0. The molecule has 0 aliphatic carbocycles. The summed E-state index contributed by atoms with van der Waals surface area (Å²) in [4.78, 5) is 30.5. The Bertz CT molecular complexity index is 1770. The van der Waals surface area contributed by atoms with Crippen LogP contribution in [0, 0.1) is 0 Å². The van der Waals surface area contributed by atoms with E-state index in [1.807, 2.05) is 60.7 Å². The maximum absolute atomic E-state index is 13.5. The van der Waals surface area contributed by atoms with Crippen LogP contribution in [0.4, 0.5) is 0 Å². The van der Waals surface area contributed by atoms with E-state index in [1.165, 1.54) is 6.20 Å². The quantitative estimate of drug-likeness (QED) is 0.103. The van der Waals surface area contributed by atoms with Gasteiger partial charge in [0.25, 0.3) is 0 Å². The molecule has 0 unspecified atom stereocenters. The molecule has 0 bridgehead atoms. The SMILES string of the molecule is O=C(C[n+]1ccncc1C(=O)Oc1c2ccccc2cc2cc3ccccc3cc12)c1ccccc1. The first-order valence-corrected chi connectivity index (χ1v) is 11.7. The molecule has 0 spiro atoms. The molecular weight excluding hydrogens is 448 g/mol. The molecule has 0 aliphatic heterocycles. The van der Waals surface area contributed by atoms with E-state index >= 15 is 0 Å². The van der Waals surface area contributed by atoms with Crippen molar-refractivity contribution in [1.29, 1.82) is 0 Å². The fraction of sp³-hybridized carbons (Fsp3) is 0.0323. The van der Waals surface area contributed by atoms with Crippen LogP contribution in [-0.4, -0.2) is 16.7 Å². The van der Waals surface area contributed by atoms with Crippen LogP contribution in [0.15, 0.2) is 116 Å². The Morgan fingerprint density at radius 3 is 2.19 bits per heavy atom. The van der Waals surface area contributed by atoms with Crippen molar-refractivity contribution >= 4 is 44.1 Å². The molecule has 0 saturated heterocycles. The smallest absolute Gasteiger partial charge is 0.410 e. The molecule has 1 heterocycles. The molecular formula is C31H21N2O3+. The van der Waals surface area contributed by atoms with Crippen LogP contribution < -0.4 is 9.30 Å². The Morgan fingerprint density at radius 1 is 0.722 bits per heavy atom. The van der Waals surface area contributed by atoms with Gasteiger partial charge in [-0.1, -0.05) is 78.9 Å². The molecule has 36 heavy (non-hydrogen) atoms. The number of esters is 1. The highest BCUT2D eigenvalue weighted by Crippen LogP contribution is 2.37. The van der Waals surface area contributed by atoms with Crippen molar-refractivity contribution in [2.24, 2.45) is 0 Å². The van der Waals surface area contributed by atoms with Gasteiger partial charge in [-0.2, -0.15) is 4.57 Å². The van der Waals surface area contributed by atoms with E-state index in [2.05, 4.69) is 29.2 Å². The summed E-state index contributed by atoms with van der Waals surface area (Å²) in [7, 11) is 0. The number of fused-ring (bicyclic) bond motifs is 3. The van der Waals surface area contributed by atoms with Gasteiger partial charge in [0, 0.05) is 16.3 Å². The summed E-state index contributed by atoms with van der Waals surface area (Å²) in [6.07, 6.45) is 4.60. The number of nitrogens with zero attached hydrogens (tertiary/aromatic N) is 2. The molecule has 6 aromatic rings. The highest BCUT2D eigenvalue weighted by Gasteiger charge is 2.26. The maximum Gasteiger partial charge on any atom is 0.410 e. The van der Waals surface area contributed by atoms with Crippen LogP contribution in [-0.2, 0) is 6.54 Å². The van der Waals surface area contributed by atoms with Crippen molar-refractivity contribution in [3.8, 4) is 5.75 Å². The lowest BCUT2D eigenvalue weighted by molar-refractivity contribution is -0.686. The predicted molar refractivity (Wildman–Crippen MR) is 139 cm³/mol. The zero-order chi connectivity index (χ0) is 24.5. The van der Waals surface area contributed by atoms with Gasteiger partial charge in [0.05, 0.1) is 6.20 Å². The minimum Gasteiger partial charge on any atom is -0.417 e. The van der Waals surface area contributed by atoms with Gasteiger partial charge in [-0.3, -0.25) is 9.78 Å². The average Bonchev–Trinajstić information content (AvgIpc) is 2.92. The molecule has 0 N–H and O–H groups in total. The number of benzene rings is 5. The fourth-order valence-corrected chi connectivity index (χ4v) is 4.54. The largest absolute Gasteiger partial charge is 0.417 e. The predicted octanol–water partition coefficient (Wildman–Crippen LogP) is 5.93. The second-order valence-corrected chi connectivity index (χ2v) is 8.62. The van der Waals surface area contributed by atoms with Gasteiger partial charge in [-0.15, -0.1) is 0 Å². The van der Waals surface area contributed by atoms with Crippen molar-refractivity contribution in [2.45, 2.75) is 6.54 Å². The van der Waals surface area contributed by atoms with Crippen LogP contribution in [0.1, 0.15) is 20.8 Å². The van der Waals surface area contributed by atoms with Crippen molar-refractivity contribution in [3.63, 3.8) is 0 Å². The third-order valence-corrected chi connectivity index (χ3v) is 6.33. The van der Waals surface area contributed by atoms with Crippen molar-refractivity contribution < 1.29 is 18.9 Å². The Balaban J connectivity index is 1.43. The average molecular weight is 470 g/mol. The van der Waals surface area contributed by atoms with Gasteiger partial charge in [0.2, 0.25) is 12.3 Å². The van der Waals surface area contributed by atoms with E-state index in [-0.39, 0.29) is 18.0 Å². The van der Waals surface area contributed by atoms with Crippen LogP contribution in [0.3, 0.4) is 0 Å². The lowest BCUT2D eigenvalue weighted by Crippen LogP contribution is -2.44. The molecule has 1 aromatic heterocycles. The maximum atomic E-state index is 13.5. The van der Waals surface area contributed by atoms with Crippen LogP contribution in [0.25, 0.3) is 32.3 Å². The van der Waals surface area contributed by atoms with Crippen molar-refractivity contribution in [1.82, 2.24) is 4.98 Å². The summed E-state index contributed by atoms with van der Waals surface area (Å²) in [6, 6.07) is 31.2. The first-order valence-electron chi connectivity index (χ1n) is 11.7. The lowest BCUT2D eigenvalue weighted by Gasteiger charge is -2.12. The normalized spacial score (nSPS) is 11.1. The summed E-state index contributed by atoms with van der Waals surface area (Å²) in [6.45, 7) is -0.00209. The Labute approximate surface area is 207 Å². The molecule has 5 heteroatoms. The number of aromatic nitrogens is 2. The van der Waals surface area contributed by atoms with Gasteiger partial charge >= 0.3 is 11.7 Å². The molecule has 0 amide bonds. The molecule has 0 saturated carbocycles. The van der Waals surface area contributed by atoms with Gasteiger partial charge < -0.3 is 4.74 Å². The minimum absolute atomic E-state index is 0.00209. The Hall–Kier alpha value is -4.90. The summed E-state index contributed by atoms with van der Waals surface area (Å²) >= 11 is 0. The number of Topliss-reactive ketones (excluding diaryl/α,β-unsaturated/α-hetero) is 1. The van der Waals surface area contributed by atoms with E-state index in [9.17, 15) is 9.59 Å². The van der Waals surface area contributed by atoms with Crippen LogP contribution in [0.2, 0.25) is 0 Å². The summed E-state index contributed by atoms with van der Waals surface area (Å²) < 4.78 is 7.67. The first-order chi connectivity index (χ1) is 17.7. The van der Waals surface area contributed by atoms with Gasteiger partial charge in [-0.05, 0) is 39.7 Å². The van der Waals surface area contributed by atoms with Crippen molar-refractivity contribution in [2.75, 3.05) is 0 Å². The second-order valence-electron chi connectivity index (χ2n) is 8.62.